The van der Waals surface area contributed by atoms with Gasteiger partial charge in [0.15, 0.2) is 0 Å². The molecule has 0 spiro atoms. The maximum Gasteiger partial charge on any atom is 0.0537 e. The molecule has 1 unspecified atom stereocenters. The fraction of sp³-hybridized carbons (Fsp3) is 0.750. The van der Waals surface area contributed by atoms with Gasteiger partial charge in [-0.1, -0.05) is 6.42 Å². The molecular weight excluding hydrogens is 218 g/mol. The average Bonchev–Trinajstić information content (AvgIpc) is 2.70. The summed E-state index contributed by atoms with van der Waals surface area (Å²) < 4.78 is 1.85. The highest BCUT2D eigenvalue weighted by Gasteiger charge is 2.05. The van der Waals surface area contributed by atoms with Crippen molar-refractivity contribution in [3.8, 4) is 0 Å². The molecule has 0 bridgehead atoms. The van der Waals surface area contributed by atoms with Crippen LogP contribution in [0.2, 0.25) is 0 Å². The monoisotopic (exact) mass is 241 g/mol. The molecule has 0 saturated carbocycles. The second kappa shape index (κ2) is 7.74. The molecule has 3 nitrogen and oxygen atoms in total. The summed E-state index contributed by atoms with van der Waals surface area (Å²) >= 11 is 1.93. The number of nitrogens with zero attached hydrogens (tertiary/aromatic N) is 2. The number of nitrogens with one attached hydrogen (secondary N) is 1. The van der Waals surface area contributed by atoms with Gasteiger partial charge in [0.2, 0.25) is 0 Å². The average molecular weight is 241 g/mol. The summed E-state index contributed by atoms with van der Waals surface area (Å²) in [6, 6.07) is 0.411. The lowest BCUT2D eigenvalue weighted by atomic mass is 10.2. The molecule has 0 aliphatic rings. The molecule has 1 N–H and O–H groups in total. The SMILES string of the molecule is CSCCCCCNC(C)c1cnn(C)c1. The Morgan fingerprint density at radius 1 is 1.44 bits per heavy atom. The van der Waals surface area contributed by atoms with Gasteiger partial charge in [-0.15, -0.1) is 0 Å². The predicted molar refractivity (Wildman–Crippen MR) is 71.9 cm³/mol. The van der Waals surface area contributed by atoms with Crippen molar-refractivity contribution < 1.29 is 0 Å². The molecule has 0 amide bonds. The second-order valence-electron chi connectivity index (χ2n) is 4.18. The van der Waals surface area contributed by atoms with Gasteiger partial charge >= 0.3 is 0 Å². The van der Waals surface area contributed by atoms with Gasteiger partial charge in [-0.25, -0.2) is 0 Å². The molecule has 1 aromatic rings. The van der Waals surface area contributed by atoms with Crippen molar-refractivity contribution in [3.63, 3.8) is 0 Å². The first-order chi connectivity index (χ1) is 7.74. The van der Waals surface area contributed by atoms with Gasteiger partial charge in [0.25, 0.3) is 0 Å². The van der Waals surface area contributed by atoms with Crippen LogP contribution in [0.3, 0.4) is 0 Å². The molecular formula is C12H23N3S. The molecule has 0 aromatic carbocycles. The van der Waals surface area contributed by atoms with Crippen LogP contribution in [-0.2, 0) is 7.05 Å². The summed E-state index contributed by atoms with van der Waals surface area (Å²) in [5, 5.41) is 7.71. The normalized spacial score (nSPS) is 12.9. The highest BCUT2D eigenvalue weighted by atomic mass is 32.2. The zero-order valence-corrected chi connectivity index (χ0v) is 11.4. The maximum absolute atomic E-state index is 4.18. The number of hydrogen-bond donors (Lipinski definition) is 1. The Morgan fingerprint density at radius 3 is 2.88 bits per heavy atom. The molecule has 0 fully saturated rings. The molecule has 1 atom stereocenters. The van der Waals surface area contributed by atoms with Crippen molar-refractivity contribution in [2.75, 3.05) is 18.6 Å². The van der Waals surface area contributed by atoms with Gasteiger partial charge in [-0.3, -0.25) is 4.68 Å². The van der Waals surface area contributed by atoms with Gasteiger partial charge in [0.05, 0.1) is 6.20 Å². The number of aromatic nitrogens is 2. The summed E-state index contributed by atoms with van der Waals surface area (Å²) in [7, 11) is 1.96. The third kappa shape index (κ3) is 5.03. The Balaban J connectivity index is 2.09. The van der Waals surface area contributed by atoms with E-state index in [0.29, 0.717) is 6.04 Å². The van der Waals surface area contributed by atoms with E-state index in [1.807, 2.05) is 29.7 Å². The van der Waals surface area contributed by atoms with Crippen molar-refractivity contribution in [2.24, 2.45) is 7.05 Å². The van der Waals surface area contributed by atoms with Crippen molar-refractivity contribution in [3.05, 3.63) is 18.0 Å². The van der Waals surface area contributed by atoms with Gasteiger partial charge in [-0.05, 0) is 38.3 Å². The van der Waals surface area contributed by atoms with Crippen LogP contribution in [0.25, 0.3) is 0 Å². The molecule has 92 valence electrons. The molecule has 1 aromatic heterocycles. The Hall–Kier alpha value is -0.480. The second-order valence-corrected chi connectivity index (χ2v) is 5.16. The quantitative estimate of drug-likeness (QED) is 0.710. The smallest absolute Gasteiger partial charge is 0.0537 e. The minimum Gasteiger partial charge on any atom is -0.310 e. The Bertz CT molecular complexity index is 286. The van der Waals surface area contributed by atoms with Crippen LogP contribution in [0.5, 0.6) is 0 Å². The number of hydrogen-bond acceptors (Lipinski definition) is 3. The lowest BCUT2D eigenvalue weighted by molar-refractivity contribution is 0.544. The first-order valence-electron chi connectivity index (χ1n) is 5.95. The van der Waals surface area contributed by atoms with Crippen LogP contribution in [-0.4, -0.2) is 28.3 Å². The molecule has 0 radical (unpaired) electrons. The Morgan fingerprint density at radius 2 is 2.25 bits per heavy atom. The standard InChI is InChI=1S/C12H23N3S/c1-11(12-9-14-15(2)10-12)13-7-5-4-6-8-16-3/h9-11,13H,4-8H2,1-3H3. The lowest BCUT2D eigenvalue weighted by Crippen LogP contribution is -2.19. The van der Waals surface area contributed by atoms with E-state index in [2.05, 4.69) is 29.8 Å². The molecule has 0 saturated heterocycles. The number of rotatable bonds is 8. The van der Waals surface area contributed by atoms with E-state index in [0.717, 1.165) is 6.54 Å². The van der Waals surface area contributed by atoms with E-state index in [-0.39, 0.29) is 0 Å². The van der Waals surface area contributed by atoms with Crippen molar-refractivity contribution in [1.82, 2.24) is 15.1 Å². The Labute approximate surface area is 103 Å². The largest absolute Gasteiger partial charge is 0.310 e. The van der Waals surface area contributed by atoms with Gasteiger partial charge in [0.1, 0.15) is 0 Å². The third-order valence-corrected chi connectivity index (χ3v) is 3.40. The minimum atomic E-state index is 0.411. The Kier molecular flexibility index (Phi) is 6.57. The van der Waals surface area contributed by atoms with Crippen molar-refractivity contribution in [1.29, 1.82) is 0 Å². The molecule has 1 rings (SSSR count). The van der Waals surface area contributed by atoms with Gasteiger partial charge in [0, 0.05) is 24.8 Å². The van der Waals surface area contributed by atoms with Crippen LogP contribution in [0.4, 0.5) is 0 Å². The van der Waals surface area contributed by atoms with Gasteiger partial charge in [-0.2, -0.15) is 16.9 Å². The summed E-state index contributed by atoms with van der Waals surface area (Å²) in [5.41, 5.74) is 1.27. The lowest BCUT2D eigenvalue weighted by Gasteiger charge is -2.11. The fourth-order valence-corrected chi connectivity index (χ4v) is 2.14. The zero-order chi connectivity index (χ0) is 11.8. The number of thioether (sulfide) groups is 1. The molecule has 0 aliphatic heterocycles. The van der Waals surface area contributed by atoms with E-state index < -0.39 is 0 Å². The summed E-state index contributed by atoms with van der Waals surface area (Å²) in [6.45, 7) is 3.29. The highest BCUT2D eigenvalue weighted by Crippen LogP contribution is 2.10. The third-order valence-electron chi connectivity index (χ3n) is 2.70. The van der Waals surface area contributed by atoms with Crippen LogP contribution in [0.1, 0.15) is 37.8 Å². The van der Waals surface area contributed by atoms with Gasteiger partial charge < -0.3 is 5.32 Å². The summed E-state index contributed by atoms with van der Waals surface area (Å²) in [6.07, 6.45) is 10.1. The van der Waals surface area contributed by atoms with E-state index in [4.69, 9.17) is 0 Å². The molecule has 0 aliphatic carbocycles. The van der Waals surface area contributed by atoms with Crippen molar-refractivity contribution in [2.45, 2.75) is 32.2 Å². The number of unbranched alkanes of at least 4 members (excludes halogenated alkanes) is 2. The van der Waals surface area contributed by atoms with Crippen LogP contribution < -0.4 is 5.32 Å². The topological polar surface area (TPSA) is 29.9 Å². The first-order valence-corrected chi connectivity index (χ1v) is 7.34. The zero-order valence-electron chi connectivity index (χ0n) is 10.6. The first kappa shape index (κ1) is 13.6. The molecule has 1 heterocycles. The van der Waals surface area contributed by atoms with Crippen LogP contribution >= 0.6 is 11.8 Å². The van der Waals surface area contributed by atoms with Crippen LogP contribution in [0, 0.1) is 0 Å². The van der Waals surface area contributed by atoms with E-state index in [1.54, 1.807) is 0 Å². The highest BCUT2D eigenvalue weighted by molar-refractivity contribution is 7.98. The van der Waals surface area contributed by atoms with Crippen molar-refractivity contribution >= 4 is 11.8 Å². The van der Waals surface area contributed by atoms with E-state index in [9.17, 15) is 0 Å². The summed E-state index contributed by atoms with van der Waals surface area (Å²) in [4.78, 5) is 0. The van der Waals surface area contributed by atoms with Crippen LogP contribution in [0.15, 0.2) is 12.4 Å². The van der Waals surface area contributed by atoms with E-state index in [1.165, 1.54) is 30.6 Å². The predicted octanol–water partition coefficient (Wildman–Crippen LogP) is 2.60. The maximum atomic E-state index is 4.18. The fourth-order valence-electron chi connectivity index (χ4n) is 1.65. The van der Waals surface area contributed by atoms with E-state index >= 15 is 0 Å². The number of aryl methyl sites for hydroxylation is 1. The minimum absolute atomic E-state index is 0.411. The molecule has 4 heteroatoms. The summed E-state index contributed by atoms with van der Waals surface area (Å²) in [5.74, 6) is 1.29. The molecule has 16 heavy (non-hydrogen) atoms.